The Balaban J connectivity index is 2.54. The summed E-state index contributed by atoms with van der Waals surface area (Å²) in [5.41, 5.74) is 0.0389. The first kappa shape index (κ1) is 14.6. The highest BCUT2D eigenvalue weighted by atomic mass is 16.6. The Morgan fingerprint density at radius 2 is 1.89 bits per heavy atom. The van der Waals surface area contributed by atoms with Crippen LogP contribution < -0.4 is 5.32 Å². The summed E-state index contributed by atoms with van der Waals surface area (Å²) in [6.45, 7) is 3.19. The maximum absolute atomic E-state index is 11.5. The summed E-state index contributed by atoms with van der Waals surface area (Å²) in [5.74, 6) is -1.10. The van der Waals surface area contributed by atoms with Crippen molar-refractivity contribution in [2.24, 2.45) is 0 Å². The summed E-state index contributed by atoms with van der Waals surface area (Å²) < 4.78 is 4.77. The number of nitrogens with zero attached hydrogens (tertiary/aromatic N) is 1. The molecule has 1 N–H and O–H groups in total. The van der Waals surface area contributed by atoms with Gasteiger partial charge in [0.2, 0.25) is 0 Å². The monoisotopic (exact) mass is 266 g/mol. The number of amides is 1. The molecule has 0 atom stereocenters. The number of hydrogen-bond donors (Lipinski definition) is 1. The highest BCUT2D eigenvalue weighted by molar-refractivity contribution is 5.91. The SMILES string of the molecule is CC(C)NC(=O)COC(=O)c1ccc([N+](=O)[O-])cc1. The van der Waals surface area contributed by atoms with E-state index in [1.54, 1.807) is 13.8 Å². The minimum atomic E-state index is -0.700. The van der Waals surface area contributed by atoms with Crippen molar-refractivity contribution in [3.8, 4) is 0 Å². The van der Waals surface area contributed by atoms with Gasteiger partial charge in [0.25, 0.3) is 11.6 Å². The molecule has 102 valence electrons. The fraction of sp³-hybridized carbons (Fsp3) is 0.333. The molecule has 0 unspecified atom stereocenters. The molecule has 1 aromatic rings. The quantitative estimate of drug-likeness (QED) is 0.491. The minimum Gasteiger partial charge on any atom is -0.452 e. The number of esters is 1. The van der Waals surface area contributed by atoms with E-state index in [1.165, 1.54) is 24.3 Å². The molecule has 0 aliphatic carbocycles. The van der Waals surface area contributed by atoms with E-state index in [1.807, 2.05) is 0 Å². The van der Waals surface area contributed by atoms with Gasteiger partial charge in [-0.2, -0.15) is 0 Å². The number of non-ortho nitro benzene ring substituents is 1. The predicted molar refractivity (Wildman–Crippen MR) is 66.7 cm³/mol. The van der Waals surface area contributed by atoms with Crippen molar-refractivity contribution in [2.45, 2.75) is 19.9 Å². The molecule has 7 nitrogen and oxygen atoms in total. The summed E-state index contributed by atoms with van der Waals surface area (Å²) in [5, 5.41) is 13.0. The van der Waals surface area contributed by atoms with Crippen LogP contribution in [0.2, 0.25) is 0 Å². The average molecular weight is 266 g/mol. The van der Waals surface area contributed by atoms with Crippen LogP contribution in [-0.4, -0.2) is 29.4 Å². The maximum atomic E-state index is 11.5. The molecule has 0 spiro atoms. The summed E-state index contributed by atoms with van der Waals surface area (Å²) in [6.07, 6.45) is 0. The zero-order valence-electron chi connectivity index (χ0n) is 10.6. The third-order valence-corrected chi connectivity index (χ3v) is 2.10. The van der Waals surface area contributed by atoms with Gasteiger partial charge in [-0.25, -0.2) is 4.79 Å². The van der Waals surface area contributed by atoms with E-state index >= 15 is 0 Å². The van der Waals surface area contributed by atoms with Crippen LogP contribution in [0.15, 0.2) is 24.3 Å². The first-order chi connectivity index (χ1) is 8.90. The lowest BCUT2D eigenvalue weighted by molar-refractivity contribution is -0.384. The van der Waals surface area contributed by atoms with Gasteiger partial charge in [0.05, 0.1) is 10.5 Å². The third kappa shape index (κ3) is 4.74. The molecule has 0 aromatic heterocycles. The van der Waals surface area contributed by atoms with E-state index < -0.39 is 16.8 Å². The van der Waals surface area contributed by atoms with Crippen LogP contribution in [-0.2, 0) is 9.53 Å². The van der Waals surface area contributed by atoms with Crippen molar-refractivity contribution < 1.29 is 19.2 Å². The molecule has 0 fully saturated rings. The fourth-order valence-corrected chi connectivity index (χ4v) is 1.30. The van der Waals surface area contributed by atoms with Crippen molar-refractivity contribution >= 4 is 17.6 Å². The standard InChI is InChI=1S/C12H14N2O5/c1-8(2)13-11(15)7-19-12(16)9-3-5-10(6-4-9)14(17)18/h3-6,8H,7H2,1-2H3,(H,13,15). The normalized spacial score (nSPS) is 10.1. The van der Waals surface area contributed by atoms with Crippen LogP contribution in [0.5, 0.6) is 0 Å². The van der Waals surface area contributed by atoms with Crippen LogP contribution in [0.4, 0.5) is 5.69 Å². The van der Waals surface area contributed by atoms with Gasteiger partial charge in [-0.1, -0.05) is 0 Å². The second-order valence-electron chi connectivity index (χ2n) is 4.10. The molecule has 0 bridgehead atoms. The molecule has 0 saturated heterocycles. The van der Waals surface area contributed by atoms with Gasteiger partial charge in [-0.15, -0.1) is 0 Å². The predicted octanol–water partition coefficient (Wildman–Crippen LogP) is 1.28. The zero-order valence-corrected chi connectivity index (χ0v) is 10.6. The second-order valence-corrected chi connectivity index (χ2v) is 4.10. The number of hydrogen-bond acceptors (Lipinski definition) is 5. The van der Waals surface area contributed by atoms with Gasteiger partial charge in [-0.3, -0.25) is 14.9 Å². The van der Waals surface area contributed by atoms with Gasteiger partial charge in [0.1, 0.15) is 0 Å². The Bertz CT molecular complexity index is 481. The smallest absolute Gasteiger partial charge is 0.338 e. The number of nitro groups is 1. The van der Waals surface area contributed by atoms with Crippen molar-refractivity contribution in [2.75, 3.05) is 6.61 Å². The Hall–Kier alpha value is -2.44. The van der Waals surface area contributed by atoms with Crippen molar-refractivity contribution in [1.29, 1.82) is 0 Å². The number of benzene rings is 1. The molecule has 0 radical (unpaired) electrons. The lowest BCUT2D eigenvalue weighted by Crippen LogP contribution is -2.33. The van der Waals surface area contributed by atoms with Crippen LogP contribution in [0.1, 0.15) is 24.2 Å². The minimum absolute atomic E-state index is 0.0365. The number of rotatable bonds is 5. The molecule has 1 rings (SSSR count). The molecule has 0 saturated carbocycles. The van der Waals surface area contributed by atoms with Crippen molar-refractivity contribution in [3.05, 3.63) is 39.9 Å². The van der Waals surface area contributed by atoms with E-state index in [-0.39, 0.29) is 23.9 Å². The summed E-state index contributed by atoms with van der Waals surface area (Å²) in [4.78, 5) is 32.7. The molecule has 0 aliphatic heterocycles. The molecule has 19 heavy (non-hydrogen) atoms. The highest BCUT2D eigenvalue weighted by Gasteiger charge is 2.12. The lowest BCUT2D eigenvalue weighted by atomic mass is 10.2. The van der Waals surface area contributed by atoms with Crippen LogP contribution in [0.3, 0.4) is 0 Å². The van der Waals surface area contributed by atoms with E-state index in [0.29, 0.717) is 0 Å². The molecule has 0 heterocycles. The first-order valence-corrected chi connectivity index (χ1v) is 5.61. The molecular formula is C12H14N2O5. The maximum Gasteiger partial charge on any atom is 0.338 e. The molecule has 0 aliphatic rings. The summed E-state index contributed by atoms with van der Waals surface area (Å²) in [6, 6.07) is 4.92. The van der Waals surface area contributed by atoms with E-state index in [4.69, 9.17) is 4.74 Å². The molecular weight excluding hydrogens is 252 g/mol. The summed E-state index contributed by atoms with van der Waals surface area (Å²) >= 11 is 0. The van der Waals surface area contributed by atoms with Gasteiger partial charge in [0, 0.05) is 18.2 Å². The largest absolute Gasteiger partial charge is 0.452 e. The number of nitro benzene ring substituents is 1. The third-order valence-electron chi connectivity index (χ3n) is 2.10. The van der Waals surface area contributed by atoms with E-state index in [2.05, 4.69) is 5.32 Å². The molecule has 1 aromatic carbocycles. The molecule has 1 amide bonds. The number of nitrogens with one attached hydrogen (secondary N) is 1. The van der Waals surface area contributed by atoms with Gasteiger partial charge >= 0.3 is 5.97 Å². The first-order valence-electron chi connectivity index (χ1n) is 5.61. The van der Waals surface area contributed by atoms with Gasteiger partial charge in [0.15, 0.2) is 6.61 Å². The Kier molecular flexibility index (Phi) is 4.99. The summed E-state index contributed by atoms with van der Waals surface area (Å²) in [7, 11) is 0. The van der Waals surface area contributed by atoms with Gasteiger partial charge in [-0.05, 0) is 26.0 Å². The molecule has 7 heteroatoms. The zero-order chi connectivity index (χ0) is 14.4. The number of ether oxygens (including phenoxy) is 1. The van der Waals surface area contributed by atoms with Crippen molar-refractivity contribution in [1.82, 2.24) is 5.32 Å². The van der Waals surface area contributed by atoms with Gasteiger partial charge < -0.3 is 10.1 Å². The number of carbonyl (C=O) groups excluding carboxylic acids is 2. The Morgan fingerprint density at radius 3 is 2.37 bits per heavy atom. The topological polar surface area (TPSA) is 98.5 Å². The van der Waals surface area contributed by atoms with Crippen molar-refractivity contribution in [3.63, 3.8) is 0 Å². The van der Waals surface area contributed by atoms with Crippen LogP contribution in [0.25, 0.3) is 0 Å². The Labute approximate surface area is 109 Å². The van der Waals surface area contributed by atoms with Crippen LogP contribution in [0, 0.1) is 10.1 Å². The van der Waals surface area contributed by atoms with Crippen LogP contribution >= 0.6 is 0 Å². The highest BCUT2D eigenvalue weighted by Crippen LogP contribution is 2.12. The Morgan fingerprint density at radius 1 is 1.32 bits per heavy atom. The second kappa shape index (κ2) is 6.48. The number of carbonyl (C=O) groups is 2. The fourth-order valence-electron chi connectivity index (χ4n) is 1.30. The average Bonchev–Trinajstić information content (AvgIpc) is 2.35. The van der Waals surface area contributed by atoms with E-state index in [9.17, 15) is 19.7 Å². The lowest BCUT2D eigenvalue weighted by Gasteiger charge is -2.08. The van der Waals surface area contributed by atoms with E-state index in [0.717, 1.165) is 0 Å².